The molecule has 4 aromatic carbocycles. The van der Waals surface area contributed by atoms with Gasteiger partial charge >= 0.3 is 0 Å². The van der Waals surface area contributed by atoms with Crippen LogP contribution in [0.15, 0.2) is 91.0 Å². The van der Waals surface area contributed by atoms with Crippen LogP contribution in [0.3, 0.4) is 0 Å². The minimum Gasteiger partial charge on any atom is -0.507 e. The van der Waals surface area contributed by atoms with Crippen LogP contribution in [-0.4, -0.2) is 17.6 Å². The van der Waals surface area contributed by atoms with Gasteiger partial charge in [0.15, 0.2) is 0 Å². The molecule has 4 aromatic rings. The summed E-state index contributed by atoms with van der Waals surface area (Å²) < 4.78 is 21.0. The third-order valence-electron chi connectivity index (χ3n) is 6.69. The Hall–Kier alpha value is -4.12. The normalized spacial score (nSPS) is 16.5. The van der Waals surface area contributed by atoms with Crippen molar-refractivity contribution in [1.29, 1.82) is 0 Å². The van der Waals surface area contributed by atoms with E-state index < -0.39 is 17.8 Å². The number of para-hydroxylation sites is 1. The Morgan fingerprint density at radius 1 is 0.882 bits per heavy atom. The van der Waals surface area contributed by atoms with Crippen LogP contribution in [0.2, 0.25) is 0 Å². The third kappa shape index (κ3) is 3.16. The fourth-order valence-electron chi connectivity index (χ4n) is 5.18. The lowest BCUT2D eigenvalue weighted by Gasteiger charge is -2.30. The third-order valence-corrected chi connectivity index (χ3v) is 6.69. The maximum absolute atomic E-state index is 15.4. The van der Waals surface area contributed by atoms with Gasteiger partial charge in [-0.05, 0) is 34.4 Å². The van der Waals surface area contributed by atoms with Crippen molar-refractivity contribution < 1.29 is 19.0 Å². The standard InChI is InChI=1S/C29H22FNO3/c30-23-13-7-12-21-26(22-16-20-14-15-34-25(20)17-24(22)32)29(33)31(28(21)23)27(18-8-3-1-4-9-18)19-10-5-2-6-11-19/h1-13,16-17,26-27,32H,14-15H2. The van der Waals surface area contributed by atoms with Crippen LogP contribution in [0.25, 0.3) is 0 Å². The van der Waals surface area contributed by atoms with Crippen LogP contribution in [0.4, 0.5) is 10.1 Å². The van der Waals surface area contributed by atoms with Crippen molar-refractivity contribution in [1.82, 2.24) is 0 Å². The second kappa shape index (κ2) is 8.03. The number of nitrogens with zero attached hydrogens (tertiary/aromatic N) is 1. The molecule has 1 unspecified atom stereocenters. The Balaban J connectivity index is 1.56. The first kappa shape index (κ1) is 20.5. The van der Waals surface area contributed by atoms with Crippen LogP contribution < -0.4 is 9.64 Å². The summed E-state index contributed by atoms with van der Waals surface area (Å²) in [4.78, 5) is 15.7. The largest absolute Gasteiger partial charge is 0.507 e. The van der Waals surface area contributed by atoms with Crippen LogP contribution >= 0.6 is 0 Å². The van der Waals surface area contributed by atoms with E-state index in [9.17, 15) is 9.90 Å². The van der Waals surface area contributed by atoms with Crippen molar-refractivity contribution in [2.24, 2.45) is 0 Å². The maximum Gasteiger partial charge on any atom is 0.240 e. The number of benzene rings is 4. The zero-order valence-electron chi connectivity index (χ0n) is 18.3. The summed E-state index contributed by atoms with van der Waals surface area (Å²) in [7, 11) is 0. The van der Waals surface area contributed by atoms with Gasteiger partial charge in [0.05, 0.1) is 24.3 Å². The fraction of sp³-hybridized carbons (Fsp3) is 0.138. The molecule has 5 heteroatoms. The van der Waals surface area contributed by atoms with Crippen LogP contribution in [0, 0.1) is 5.82 Å². The van der Waals surface area contributed by atoms with Gasteiger partial charge in [-0.3, -0.25) is 9.69 Å². The van der Waals surface area contributed by atoms with Crippen molar-refractivity contribution in [3.8, 4) is 11.5 Å². The van der Waals surface area contributed by atoms with Gasteiger partial charge in [0, 0.05) is 18.1 Å². The molecule has 2 heterocycles. The highest BCUT2D eigenvalue weighted by atomic mass is 19.1. The SMILES string of the molecule is O=C1C(c2cc3c(cc2O)OCC3)c2cccc(F)c2N1C(c1ccccc1)c1ccccc1. The molecule has 168 valence electrons. The Morgan fingerprint density at radius 3 is 2.24 bits per heavy atom. The van der Waals surface area contributed by atoms with E-state index in [0.29, 0.717) is 29.9 Å². The molecule has 0 bridgehead atoms. The summed E-state index contributed by atoms with van der Waals surface area (Å²) >= 11 is 0. The van der Waals surface area contributed by atoms with Gasteiger partial charge in [0.1, 0.15) is 17.3 Å². The smallest absolute Gasteiger partial charge is 0.240 e. The van der Waals surface area contributed by atoms with Crippen molar-refractivity contribution in [2.75, 3.05) is 11.5 Å². The van der Waals surface area contributed by atoms with Crippen LogP contribution in [0.1, 0.15) is 39.8 Å². The predicted octanol–water partition coefficient (Wildman–Crippen LogP) is 5.73. The fourth-order valence-corrected chi connectivity index (χ4v) is 5.18. The van der Waals surface area contributed by atoms with Gasteiger partial charge < -0.3 is 9.84 Å². The van der Waals surface area contributed by atoms with Gasteiger partial charge in [-0.25, -0.2) is 4.39 Å². The molecule has 34 heavy (non-hydrogen) atoms. The lowest BCUT2D eigenvalue weighted by Crippen LogP contribution is -2.34. The van der Waals surface area contributed by atoms with Gasteiger partial charge in [0.2, 0.25) is 5.91 Å². The molecule has 1 amide bonds. The van der Waals surface area contributed by atoms with E-state index in [2.05, 4.69) is 0 Å². The minimum absolute atomic E-state index is 0.0213. The molecule has 2 aliphatic rings. The van der Waals surface area contributed by atoms with Gasteiger partial charge in [-0.15, -0.1) is 0 Å². The molecule has 0 aromatic heterocycles. The van der Waals surface area contributed by atoms with Gasteiger partial charge in [0.25, 0.3) is 0 Å². The Kier molecular flexibility index (Phi) is 4.84. The summed E-state index contributed by atoms with van der Waals surface area (Å²) in [6, 6.07) is 26.9. The zero-order chi connectivity index (χ0) is 23.2. The molecule has 0 aliphatic carbocycles. The molecular weight excluding hydrogens is 429 g/mol. The number of phenols is 1. The number of phenolic OH excluding ortho intramolecular Hbond substituents is 1. The second-order valence-corrected chi connectivity index (χ2v) is 8.66. The average Bonchev–Trinajstić information content (AvgIpc) is 3.42. The number of aromatic hydroxyl groups is 1. The van der Waals surface area contributed by atoms with Crippen LogP contribution in [-0.2, 0) is 11.2 Å². The van der Waals surface area contributed by atoms with E-state index in [0.717, 1.165) is 16.7 Å². The van der Waals surface area contributed by atoms with Crippen molar-refractivity contribution in [3.63, 3.8) is 0 Å². The molecule has 4 nitrogen and oxygen atoms in total. The molecule has 0 saturated carbocycles. The molecular formula is C29H22FNO3. The Morgan fingerprint density at radius 2 is 1.56 bits per heavy atom. The molecule has 0 spiro atoms. The van der Waals surface area contributed by atoms with E-state index in [-0.39, 0.29) is 17.3 Å². The van der Waals surface area contributed by atoms with E-state index in [1.54, 1.807) is 23.1 Å². The van der Waals surface area contributed by atoms with E-state index in [4.69, 9.17) is 4.74 Å². The lowest BCUT2D eigenvalue weighted by molar-refractivity contribution is -0.118. The summed E-state index contributed by atoms with van der Waals surface area (Å²) in [5.74, 6) is -0.936. The second-order valence-electron chi connectivity index (χ2n) is 8.66. The number of fused-ring (bicyclic) bond motifs is 2. The van der Waals surface area contributed by atoms with Gasteiger partial charge in [-0.2, -0.15) is 0 Å². The molecule has 1 N–H and O–H groups in total. The topological polar surface area (TPSA) is 49.8 Å². The van der Waals surface area contributed by atoms with Crippen molar-refractivity contribution >= 4 is 11.6 Å². The number of anilines is 1. The molecule has 0 saturated heterocycles. The maximum atomic E-state index is 15.4. The van der Waals surface area contributed by atoms with E-state index in [1.165, 1.54) is 6.07 Å². The summed E-state index contributed by atoms with van der Waals surface area (Å²) in [6.07, 6.45) is 0.708. The highest BCUT2D eigenvalue weighted by Crippen LogP contribution is 2.50. The molecule has 2 aliphatic heterocycles. The first-order chi connectivity index (χ1) is 16.6. The predicted molar refractivity (Wildman–Crippen MR) is 128 cm³/mol. The van der Waals surface area contributed by atoms with Gasteiger partial charge in [-0.1, -0.05) is 72.8 Å². The molecule has 0 radical (unpaired) electrons. The minimum atomic E-state index is -0.813. The summed E-state index contributed by atoms with van der Waals surface area (Å²) in [5.41, 5.74) is 3.98. The van der Waals surface area contributed by atoms with E-state index >= 15 is 4.39 Å². The average molecular weight is 451 g/mol. The highest BCUT2D eigenvalue weighted by molar-refractivity contribution is 6.08. The number of ether oxygens (including phenoxy) is 1. The number of carbonyl (C=O) groups is 1. The first-order valence-electron chi connectivity index (χ1n) is 11.3. The number of hydrogen-bond donors (Lipinski definition) is 1. The molecule has 6 rings (SSSR count). The Bertz CT molecular complexity index is 1350. The number of carbonyl (C=O) groups excluding carboxylic acids is 1. The molecule has 1 atom stereocenters. The van der Waals surface area contributed by atoms with E-state index in [1.807, 2.05) is 66.7 Å². The number of amides is 1. The van der Waals surface area contributed by atoms with Crippen molar-refractivity contribution in [2.45, 2.75) is 18.4 Å². The van der Waals surface area contributed by atoms with Crippen LogP contribution in [0.5, 0.6) is 11.5 Å². The van der Waals surface area contributed by atoms with Crippen molar-refractivity contribution in [3.05, 3.63) is 125 Å². The zero-order valence-corrected chi connectivity index (χ0v) is 18.3. The Labute approximate surface area is 196 Å². The highest BCUT2D eigenvalue weighted by Gasteiger charge is 2.45. The quantitative estimate of drug-likeness (QED) is 0.431. The summed E-state index contributed by atoms with van der Waals surface area (Å²) in [6.45, 7) is 0.540. The molecule has 0 fully saturated rings. The number of hydrogen-bond acceptors (Lipinski definition) is 3. The first-order valence-corrected chi connectivity index (χ1v) is 11.3. The number of rotatable bonds is 4. The monoisotopic (exact) mass is 451 g/mol. The summed E-state index contributed by atoms with van der Waals surface area (Å²) in [5, 5.41) is 10.9. The number of halogens is 1. The lowest BCUT2D eigenvalue weighted by atomic mass is 9.90.